The van der Waals surface area contributed by atoms with Gasteiger partial charge in [-0.05, 0) is 50.3 Å². The van der Waals surface area contributed by atoms with Crippen LogP contribution in [0.5, 0.6) is 0 Å². The minimum Gasteiger partial charge on any atom is -0.319 e. The van der Waals surface area contributed by atoms with Crippen LogP contribution >= 0.6 is 11.3 Å². The van der Waals surface area contributed by atoms with E-state index in [-0.39, 0.29) is 0 Å². The van der Waals surface area contributed by atoms with Crippen molar-refractivity contribution < 1.29 is 0 Å². The molecule has 0 fully saturated rings. The maximum atomic E-state index is 5.11. The highest BCUT2D eigenvalue weighted by Gasteiger charge is 2.30. The summed E-state index contributed by atoms with van der Waals surface area (Å²) < 4.78 is 0. The van der Waals surface area contributed by atoms with E-state index in [0.717, 1.165) is 6.54 Å². The smallest absolute Gasteiger partial charge is 0.101 e. The topological polar surface area (TPSA) is 24.9 Å². The van der Waals surface area contributed by atoms with Crippen molar-refractivity contribution in [3.8, 4) is 0 Å². The lowest BCUT2D eigenvalue weighted by Gasteiger charge is -2.20. The van der Waals surface area contributed by atoms with Gasteiger partial charge < -0.3 is 5.32 Å². The Morgan fingerprint density at radius 1 is 1.24 bits per heavy atom. The van der Waals surface area contributed by atoms with Gasteiger partial charge in [0, 0.05) is 23.3 Å². The molecule has 2 aromatic rings. The third-order valence-electron chi connectivity index (χ3n) is 4.97. The van der Waals surface area contributed by atoms with Crippen LogP contribution < -0.4 is 5.32 Å². The quantitative estimate of drug-likeness (QED) is 0.930. The van der Waals surface area contributed by atoms with E-state index in [1.165, 1.54) is 53.9 Å². The van der Waals surface area contributed by atoms with Crippen molar-refractivity contribution in [1.82, 2.24) is 10.3 Å². The molecule has 3 heteroatoms. The Morgan fingerprint density at radius 2 is 2.14 bits per heavy atom. The fourth-order valence-corrected chi connectivity index (χ4v) is 5.28. The van der Waals surface area contributed by atoms with Crippen LogP contribution in [-0.2, 0) is 12.8 Å². The zero-order valence-corrected chi connectivity index (χ0v) is 13.4. The van der Waals surface area contributed by atoms with Crippen molar-refractivity contribution in [2.24, 2.45) is 0 Å². The molecule has 1 heterocycles. The molecule has 2 unspecified atom stereocenters. The normalized spacial score (nSPS) is 23.9. The van der Waals surface area contributed by atoms with E-state index in [1.54, 1.807) is 4.88 Å². The first-order valence-electron chi connectivity index (χ1n) is 8.08. The summed E-state index contributed by atoms with van der Waals surface area (Å²) in [4.78, 5) is 6.67. The molecule has 0 saturated carbocycles. The molecule has 2 aliphatic rings. The minimum absolute atomic E-state index is 0.548. The van der Waals surface area contributed by atoms with Crippen molar-refractivity contribution >= 4 is 11.3 Å². The van der Waals surface area contributed by atoms with Gasteiger partial charge in [-0.25, -0.2) is 4.98 Å². The summed E-state index contributed by atoms with van der Waals surface area (Å²) in [6, 6.07) is 8.93. The molecule has 2 nitrogen and oxygen atoms in total. The number of nitrogens with one attached hydrogen (secondary N) is 1. The number of likely N-dealkylation sites (N-methyl/N-ethyl adjacent to an activating group) is 1. The van der Waals surface area contributed by atoms with Gasteiger partial charge in [-0.2, -0.15) is 0 Å². The van der Waals surface area contributed by atoms with E-state index in [4.69, 9.17) is 4.98 Å². The van der Waals surface area contributed by atoms with Gasteiger partial charge in [0.25, 0.3) is 0 Å². The van der Waals surface area contributed by atoms with Crippen molar-refractivity contribution in [2.75, 3.05) is 13.6 Å². The second-order valence-electron chi connectivity index (χ2n) is 6.30. The molecule has 0 aliphatic heterocycles. The van der Waals surface area contributed by atoms with Crippen molar-refractivity contribution in [2.45, 2.75) is 43.9 Å². The number of thiazole rings is 1. The standard InChI is InChI=1S/C18H22N2S/c1-19-11-13-6-4-8-16-17(13)20-18(21-16)15-10-9-12-5-2-3-7-14(12)15/h2-3,5,7,13,15,19H,4,6,8-11H2,1H3. The molecule has 2 atom stereocenters. The number of hydrogen-bond donors (Lipinski definition) is 1. The Morgan fingerprint density at radius 3 is 3.05 bits per heavy atom. The summed E-state index contributed by atoms with van der Waals surface area (Å²) in [5.41, 5.74) is 4.45. The largest absolute Gasteiger partial charge is 0.319 e. The summed E-state index contributed by atoms with van der Waals surface area (Å²) in [5, 5.41) is 4.71. The zero-order chi connectivity index (χ0) is 14.2. The van der Waals surface area contributed by atoms with Crippen molar-refractivity contribution in [1.29, 1.82) is 0 Å². The SMILES string of the molecule is CNCC1CCCc2sc(C3CCc4ccccc43)nc21. The van der Waals surface area contributed by atoms with Crippen LogP contribution in [0.1, 0.15) is 57.8 Å². The highest BCUT2D eigenvalue weighted by molar-refractivity contribution is 7.11. The summed E-state index contributed by atoms with van der Waals surface area (Å²) in [7, 11) is 2.05. The van der Waals surface area contributed by atoms with Gasteiger partial charge >= 0.3 is 0 Å². The Labute approximate surface area is 130 Å². The lowest BCUT2D eigenvalue weighted by molar-refractivity contribution is 0.521. The first-order chi connectivity index (χ1) is 10.4. The maximum Gasteiger partial charge on any atom is 0.101 e. The molecule has 0 amide bonds. The van der Waals surface area contributed by atoms with E-state index < -0.39 is 0 Å². The lowest BCUT2D eigenvalue weighted by atomic mass is 9.91. The molecule has 110 valence electrons. The fraction of sp³-hybridized carbons (Fsp3) is 0.500. The number of fused-ring (bicyclic) bond motifs is 2. The molecular formula is C18H22N2S. The van der Waals surface area contributed by atoms with Crippen molar-refractivity contribution in [3.05, 3.63) is 51.0 Å². The van der Waals surface area contributed by atoms with Crippen molar-refractivity contribution in [3.63, 3.8) is 0 Å². The summed E-state index contributed by atoms with van der Waals surface area (Å²) in [5.74, 6) is 1.17. The third-order valence-corrected chi connectivity index (χ3v) is 6.21. The Hall–Kier alpha value is -1.19. The average Bonchev–Trinajstić information content (AvgIpc) is 3.11. The van der Waals surface area contributed by atoms with Crippen LogP contribution in [-0.4, -0.2) is 18.6 Å². The second-order valence-corrected chi connectivity index (χ2v) is 7.41. The van der Waals surface area contributed by atoms with E-state index >= 15 is 0 Å². The predicted molar refractivity (Wildman–Crippen MR) is 88.3 cm³/mol. The Bertz CT molecular complexity index is 646. The van der Waals surface area contributed by atoms with Crippen LogP contribution in [0.4, 0.5) is 0 Å². The molecule has 1 aromatic heterocycles. The molecule has 0 saturated heterocycles. The number of benzene rings is 1. The van der Waals surface area contributed by atoms with Gasteiger partial charge in [0.15, 0.2) is 0 Å². The van der Waals surface area contributed by atoms with Gasteiger partial charge in [-0.3, -0.25) is 0 Å². The maximum absolute atomic E-state index is 5.11. The van der Waals surface area contributed by atoms with E-state index in [2.05, 4.69) is 36.6 Å². The molecular weight excluding hydrogens is 276 g/mol. The summed E-state index contributed by atoms with van der Waals surface area (Å²) >= 11 is 1.99. The average molecular weight is 298 g/mol. The van der Waals surface area contributed by atoms with E-state index in [1.807, 2.05) is 11.3 Å². The van der Waals surface area contributed by atoms with E-state index in [9.17, 15) is 0 Å². The van der Waals surface area contributed by atoms with Crippen LogP contribution in [0.25, 0.3) is 0 Å². The predicted octanol–water partition coefficient (Wildman–Crippen LogP) is 3.86. The number of aromatic nitrogens is 1. The number of aryl methyl sites for hydroxylation is 2. The minimum atomic E-state index is 0.548. The third kappa shape index (κ3) is 2.33. The molecule has 2 aliphatic carbocycles. The Balaban J connectivity index is 1.69. The van der Waals surface area contributed by atoms with Crippen LogP contribution in [0.15, 0.2) is 24.3 Å². The highest BCUT2D eigenvalue weighted by atomic mass is 32.1. The number of hydrogen-bond acceptors (Lipinski definition) is 3. The molecule has 21 heavy (non-hydrogen) atoms. The monoisotopic (exact) mass is 298 g/mol. The summed E-state index contributed by atoms with van der Waals surface area (Å²) in [6.07, 6.45) is 6.30. The number of nitrogens with zero attached hydrogens (tertiary/aromatic N) is 1. The lowest BCUT2D eigenvalue weighted by Crippen LogP contribution is -2.21. The second kappa shape index (κ2) is 5.54. The molecule has 4 rings (SSSR count). The fourth-order valence-electron chi connectivity index (χ4n) is 3.93. The highest BCUT2D eigenvalue weighted by Crippen LogP contribution is 2.43. The molecule has 0 radical (unpaired) electrons. The Kier molecular flexibility index (Phi) is 3.56. The van der Waals surface area contributed by atoms with Gasteiger partial charge in [-0.15, -0.1) is 11.3 Å². The molecule has 1 N–H and O–H groups in total. The van der Waals surface area contributed by atoms with Gasteiger partial charge in [-0.1, -0.05) is 24.3 Å². The zero-order valence-electron chi connectivity index (χ0n) is 12.6. The molecule has 1 aromatic carbocycles. The number of rotatable bonds is 3. The molecule has 0 bridgehead atoms. The van der Waals surface area contributed by atoms with Crippen LogP contribution in [0, 0.1) is 0 Å². The van der Waals surface area contributed by atoms with Gasteiger partial charge in [0.2, 0.25) is 0 Å². The molecule has 0 spiro atoms. The first kappa shape index (κ1) is 13.5. The van der Waals surface area contributed by atoms with Gasteiger partial charge in [0.05, 0.1) is 5.69 Å². The van der Waals surface area contributed by atoms with Gasteiger partial charge in [0.1, 0.15) is 5.01 Å². The van der Waals surface area contributed by atoms with E-state index in [0.29, 0.717) is 11.8 Å². The first-order valence-corrected chi connectivity index (χ1v) is 8.90. The van der Waals surface area contributed by atoms with Crippen LogP contribution in [0.3, 0.4) is 0 Å². The van der Waals surface area contributed by atoms with Crippen LogP contribution in [0.2, 0.25) is 0 Å². The summed E-state index contributed by atoms with van der Waals surface area (Å²) in [6.45, 7) is 1.07.